The monoisotopic (exact) mass is 356 g/mol. The number of aromatic nitrogens is 3. The molecule has 1 saturated heterocycles. The Kier molecular flexibility index (Phi) is 3.97. The van der Waals surface area contributed by atoms with Crippen LogP contribution in [0.3, 0.4) is 0 Å². The van der Waals surface area contributed by atoms with Gasteiger partial charge in [-0.15, -0.1) is 0 Å². The molecule has 1 aliphatic carbocycles. The van der Waals surface area contributed by atoms with Gasteiger partial charge >= 0.3 is 0 Å². The van der Waals surface area contributed by atoms with Crippen LogP contribution in [0.15, 0.2) is 21.6 Å². The van der Waals surface area contributed by atoms with Gasteiger partial charge in [0.2, 0.25) is 11.4 Å². The summed E-state index contributed by atoms with van der Waals surface area (Å²) < 4.78 is 5.64. The lowest BCUT2D eigenvalue weighted by molar-refractivity contribution is 0.0774. The summed E-state index contributed by atoms with van der Waals surface area (Å²) in [6, 6.07) is 1.47. The molecule has 138 valence electrons. The normalized spacial score (nSPS) is 25.1. The van der Waals surface area contributed by atoms with E-state index < -0.39 is 0 Å². The van der Waals surface area contributed by atoms with Crippen LogP contribution in [-0.4, -0.2) is 39.0 Å². The number of likely N-dealkylation sites (tertiary alicyclic amines) is 1. The van der Waals surface area contributed by atoms with Gasteiger partial charge in [-0.1, -0.05) is 25.4 Å². The van der Waals surface area contributed by atoms with Crippen molar-refractivity contribution < 1.29 is 9.32 Å². The highest BCUT2D eigenvalue weighted by atomic mass is 16.5. The van der Waals surface area contributed by atoms with E-state index in [0.29, 0.717) is 36.0 Å². The molecule has 2 aromatic rings. The molecule has 2 fully saturated rings. The molecule has 4 rings (SSSR count). The Morgan fingerprint density at radius 1 is 1.46 bits per heavy atom. The van der Waals surface area contributed by atoms with Crippen molar-refractivity contribution in [1.29, 1.82) is 0 Å². The van der Waals surface area contributed by atoms with E-state index in [-0.39, 0.29) is 22.8 Å². The molecule has 7 heteroatoms. The second kappa shape index (κ2) is 6.07. The molecule has 0 spiro atoms. The first kappa shape index (κ1) is 17.0. The van der Waals surface area contributed by atoms with Gasteiger partial charge < -0.3 is 14.4 Å². The average Bonchev–Trinajstić information content (AvgIpc) is 3.27. The molecule has 0 radical (unpaired) electrons. The summed E-state index contributed by atoms with van der Waals surface area (Å²) in [5, 5.41) is 4.14. The zero-order valence-corrected chi connectivity index (χ0v) is 15.4. The summed E-state index contributed by atoms with van der Waals surface area (Å²) in [7, 11) is 0. The Hall–Kier alpha value is -2.44. The van der Waals surface area contributed by atoms with Gasteiger partial charge in [-0.2, -0.15) is 4.98 Å². The molecule has 26 heavy (non-hydrogen) atoms. The molecule has 7 nitrogen and oxygen atoms in total. The topological polar surface area (TPSA) is 92.1 Å². The molecular formula is C19H24N4O3. The molecule has 1 saturated carbocycles. The number of amides is 1. The molecule has 3 heterocycles. The predicted octanol–water partition coefficient (Wildman–Crippen LogP) is 2.38. The van der Waals surface area contributed by atoms with Crippen molar-refractivity contribution in [2.45, 2.75) is 51.4 Å². The number of rotatable bonds is 3. The van der Waals surface area contributed by atoms with Crippen LogP contribution < -0.4 is 5.56 Å². The molecule has 0 unspecified atom stereocenters. The number of pyridine rings is 1. The van der Waals surface area contributed by atoms with Crippen LogP contribution in [0.4, 0.5) is 0 Å². The Labute approximate surface area is 151 Å². The van der Waals surface area contributed by atoms with Gasteiger partial charge in [0.1, 0.15) is 0 Å². The Balaban J connectivity index is 1.64. The smallest absolute Gasteiger partial charge is 0.255 e. The lowest BCUT2D eigenvalue weighted by atomic mass is 9.80. The van der Waals surface area contributed by atoms with Crippen molar-refractivity contribution in [1.82, 2.24) is 20.0 Å². The molecule has 2 aliphatic rings. The quantitative estimate of drug-likeness (QED) is 0.911. The highest BCUT2D eigenvalue weighted by Crippen LogP contribution is 2.50. The molecule has 1 aliphatic heterocycles. The van der Waals surface area contributed by atoms with E-state index in [4.69, 9.17) is 4.52 Å². The standard InChI is InChI=1S/C19H24N4O3/c1-11(2)16-21-18(26-22-16)19-6-4-5-13(19)9-23(10-19)17(25)14-8-20-15(24)7-12(14)3/h7-8,11,13H,4-6,9-10H2,1-3H3,(H,20,24)/t13-,19-/m1/s1. The summed E-state index contributed by atoms with van der Waals surface area (Å²) in [4.78, 5) is 33.6. The molecule has 0 aromatic carbocycles. The van der Waals surface area contributed by atoms with Crippen LogP contribution in [0.1, 0.15) is 66.7 Å². The van der Waals surface area contributed by atoms with E-state index in [2.05, 4.69) is 15.1 Å². The molecule has 1 amide bonds. The van der Waals surface area contributed by atoms with Crippen molar-refractivity contribution in [3.05, 3.63) is 45.5 Å². The highest BCUT2D eigenvalue weighted by Gasteiger charge is 2.55. The minimum atomic E-state index is -0.230. The van der Waals surface area contributed by atoms with Crippen LogP contribution in [0, 0.1) is 12.8 Å². The number of fused-ring (bicyclic) bond motifs is 1. The molecule has 2 aromatic heterocycles. The second-order valence-corrected chi connectivity index (χ2v) is 7.94. The van der Waals surface area contributed by atoms with Gasteiger partial charge in [-0.3, -0.25) is 9.59 Å². The Bertz CT molecular complexity index is 900. The summed E-state index contributed by atoms with van der Waals surface area (Å²) in [6.45, 7) is 7.16. The summed E-state index contributed by atoms with van der Waals surface area (Å²) >= 11 is 0. The number of H-pyrrole nitrogens is 1. The molecule has 0 bridgehead atoms. The number of nitrogens with one attached hydrogen (secondary N) is 1. The van der Waals surface area contributed by atoms with E-state index in [1.165, 1.54) is 12.3 Å². The number of hydrogen-bond donors (Lipinski definition) is 1. The van der Waals surface area contributed by atoms with E-state index in [1.807, 2.05) is 18.7 Å². The van der Waals surface area contributed by atoms with Gasteiger partial charge in [0.15, 0.2) is 5.82 Å². The third-order valence-corrected chi connectivity index (χ3v) is 5.90. The van der Waals surface area contributed by atoms with Crippen LogP contribution >= 0.6 is 0 Å². The van der Waals surface area contributed by atoms with Crippen molar-refractivity contribution in [3.8, 4) is 0 Å². The molecule has 1 N–H and O–H groups in total. The third kappa shape index (κ3) is 2.57. The van der Waals surface area contributed by atoms with Gasteiger partial charge in [0.25, 0.3) is 5.91 Å². The van der Waals surface area contributed by atoms with E-state index in [0.717, 1.165) is 25.1 Å². The maximum Gasteiger partial charge on any atom is 0.255 e. The first-order valence-electron chi connectivity index (χ1n) is 9.23. The van der Waals surface area contributed by atoms with Gasteiger partial charge in [0.05, 0.1) is 11.0 Å². The highest BCUT2D eigenvalue weighted by molar-refractivity contribution is 5.95. The number of carbonyl (C=O) groups is 1. The van der Waals surface area contributed by atoms with E-state index in [9.17, 15) is 9.59 Å². The lowest BCUT2D eigenvalue weighted by Crippen LogP contribution is -2.35. The van der Waals surface area contributed by atoms with Crippen LogP contribution in [0.2, 0.25) is 0 Å². The largest absolute Gasteiger partial charge is 0.339 e. The molecular weight excluding hydrogens is 332 g/mol. The number of hydrogen-bond acceptors (Lipinski definition) is 5. The van der Waals surface area contributed by atoms with Gasteiger partial charge in [0, 0.05) is 31.3 Å². The van der Waals surface area contributed by atoms with Crippen LogP contribution in [0.5, 0.6) is 0 Å². The lowest BCUT2D eigenvalue weighted by Gasteiger charge is -2.24. The fourth-order valence-corrected chi connectivity index (χ4v) is 4.44. The maximum absolute atomic E-state index is 13.0. The van der Waals surface area contributed by atoms with E-state index in [1.54, 1.807) is 6.92 Å². The summed E-state index contributed by atoms with van der Waals surface area (Å²) in [5.74, 6) is 1.91. The van der Waals surface area contributed by atoms with Crippen LogP contribution in [-0.2, 0) is 5.41 Å². The fourth-order valence-electron chi connectivity index (χ4n) is 4.44. The minimum absolute atomic E-state index is 0.0453. The summed E-state index contributed by atoms with van der Waals surface area (Å²) in [5.41, 5.74) is 0.824. The van der Waals surface area contributed by atoms with Crippen molar-refractivity contribution in [3.63, 3.8) is 0 Å². The first-order valence-corrected chi connectivity index (χ1v) is 9.23. The Morgan fingerprint density at radius 2 is 2.27 bits per heavy atom. The Morgan fingerprint density at radius 3 is 2.96 bits per heavy atom. The first-order chi connectivity index (χ1) is 12.4. The SMILES string of the molecule is Cc1cc(=O)[nH]cc1C(=O)N1C[C@H]2CCC[C@@]2(c2nc(C(C)C)no2)C1. The van der Waals surface area contributed by atoms with Crippen molar-refractivity contribution in [2.24, 2.45) is 5.92 Å². The summed E-state index contributed by atoms with van der Waals surface area (Å²) in [6.07, 6.45) is 4.66. The fraction of sp³-hybridized carbons (Fsp3) is 0.579. The molecule has 2 atom stereocenters. The van der Waals surface area contributed by atoms with Crippen LogP contribution in [0.25, 0.3) is 0 Å². The number of aryl methyl sites for hydroxylation is 1. The van der Waals surface area contributed by atoms with Crippen molar-refractivity contribution in [2.75, 3.05) is 13.1 Å². The maximum atomic E-state index is 13.0. The number of nitrogens with zero attached hydrogens (tertiary/aromatic N) is 3. The van der Waals surface area contributed by atoms with Crippen molar-refractivity contribution >= 4 is 5.91 Å². The average molecular weight is 356 g/mol. The third-order valence-electron chi connectivity index (χ3n) is 5.90. The van der Waals surface area contributed by atoms with Gasteiger partial charge in [-0.05, 0) is 31.2 Å². The predicted molar refractivity (Wildman–Crippen MR) is 95.1 cm³/mol. The zero-order valence-electron chi connectivity index (χ0n) is 15.4. The van der Waals surface area contributed by atoms with Gasteiger partial charge in [-0.25, -0.2) is 0 Å². The van der Waals surface area contributed by atoms with E-state index >= 15 is 0 Å². The number of carbonyl (C=O) groups excluding carboxylic acids is 1. The minimum Gasteiger partial charge on any atom is -0.339 e. The zero-order chi connectivity index (χ0) is 18.5. The number of aromatic amines is 1. The second-order valence-electron chi connectivity index (χ2n) is 7.94.